The predicted molar refractivity (Wildman–Crippen MR) is 84.9 cm³/mol. The van der Waals surface area contributed by atoms with Gasteiger partial charge in [-0.05, 0) is 43.5 Å². The van der Waals surface area contributed by atoms with Gasteiger partial charge < -0.3 is 19.7 Å². The van der Waals surface area contributed by atoms with E-state index in [9.17, 15) is 10.2 Å². The number of methoxy groups -OCH3 is 2. The largest absolute Gasteiger partial charge is 0.496 e. The highest BCUT2D eigenvalue weighted by Gasteiger charge is 2.29. The molecule has 1 aromatic carbocycles. The second-order valence-corrected chi connectivity index (χ2v) is 6.09. The van der Waals surface area contributed by atoms with Gasteiger partial charge in [0, 0.05) is 25.8 Å². The third kappa shape index (κ3) is 4.43. The van der Waals surface area contributed by atoms with Crippen LogP contribution in [0.5, 0.6) is 5.75 Å². The summed E-state index contributed by atoms with van der Waals surface area (Å²) in [4.78, 5) is 2.33. The van der Waals surface area contributed by atoms with E-state index in [-0.39, 0.29) is 6.61 Å². The first-order chi connectivity index (χ1) is 10.6. The minimum Gasteiger partial charge on any atom is -0.496 e. The Kier molecular flexibility index (Phi) is 6.20. The Morgan fingerprint density at radius 2 is 2.05 bits per heavy atom. The number of nitrogens with zero attached hydrogens (tertiary/aromatic N) is 1. The zero-order chi connectivity index (χ0) is 16.0. The zero-order valence-electron chi connectivity index (χ0n) is 13.5. The van der Waals surface area contributed by atoms with Gasteiger partial charge in [-0.25, -0.2) is 0 Å². The van der Waals surface area contributed by atoms with Gasteiger partial charge in [-0.3, -0.25) is 4.90 Å². The third-order valence-corrected chi connectivity index (χ3v) is 4.36. The van der Waals surface area contributed by atoms with Crippen LogP contribution in [0.3, 0.4) is 0 Å². The van der Waals surface area contributed by atoms with Gasteiger partial charge in [-0.15, -0.1) is 0 Å². The Bertz CT molecular complexity index is 480. The molecule has 1 aliphatic heterocycles. The van der Waals surface area contributed by atoms with E-state index in [4.69, 9.17) is 9.47 Å². The number of likely N-dealkylation sites (tertiary alicyclic amines) is 1. The molecule has 2 rings (SSSR count). The van der Waals surface area contributed by atoms with E-state index in [1.54, 1.807) is 14.2 Å². The van der Waals surface area contributed by atoms with Gasteiger partial charge in [-0.1, -0.05) is 6.07 Å². The normalized spacial score (nSPS) is 23.3. The van der Waals surface area contributed by atoms with E-state index in [0.717, 1.165) is 37.4 Å². The molecule has 1 aliphatic rings. The molecule has 5 heteroatoms. The van der Waals surface area contributed by atoms with Gasteiger partial charge in [-0.2, -0.15) is 0 Å². The summed E-state index contributed by atoms with van der Waals surface area (Å²) in [5.74, 6) is 0.844. The number of benzene rings is 1. The summed E-state index contributed by atoms with van der Waals surface area (Å²) >= 11 is 0. The van der Waals surface area contributed by atoms with E-state index < -0.39 is 5.60 Å². The molecule has 124 valence electrons. The van der Waals surface area contributed by atoms with Gasteiger partial charge >= 0.3 is 0 Å². The molecule has 5 nitrogen and oxygen atoms in total. The number of rotatable bonds is 6. The van der Waals surface area contributed by atoms with E-state index in [2.05, 4.69) is 17.0 Å². The predicted octanol–water partition coefficient (Wildman–Crippen LogP) is 1.55. The standard InChI is InChI=1S/C17H27NO4/c1-21-12-15-10-14(4-5-16(15)22-2)11-18-8-3-6-17(20,13-19)7-9-18/h4-5,10,19-20H,3,6-9,11-13H2,1-2H3/t17-/m0/s1. The van der Waals surface area contributed by atoms with Crippen molar-refractivity contribution in [3.8, 4) is 5.75 Å². The van der Waals surface area contributed by atoms with Gasteiger partial charge in [0.25, 0.3) is 0 Å². The summed E-state index contributed by atoms with van der Waals surface area (Å²) in [5.41, 5.74) is 1.35. The Labute approximate surface area is 132 Å². The number of ether oxygens (including phenoxy) is 2. The van der Waals surface area contributed by atoms with E-state index in [1.165, 1.54) is 5.56 Å². The molecule has 1 saturated heterocycles. The molecule has 1 heterocycles. The number of hydrogen-bond donors (Lipinski definition) is 2. The Morgan fingerprint density at radius 1 is 1.23 bits per heavy atom. The van der Waals surface area contributed by atoms with E-state index in [0.29, 0.717) is 19.4 Å². The summed E-state index contributed by atoms with van der Waals surface area (Å²) in [6.45, 7) is 2.95. The molecule has 0 radical (unpaired) electrons. The maximum absolute atomic E-state index is 10.2. The quantitative estimate of drug-likeness (QED) is 0.835. The van der Waals surface area contributed by atoms with Crippen LogP contribution in [-0.4, -0.2) is 54.6 Å². The Balaban J connectivity index is 2.02. The third-order valence-electron chi connectivity index (χ3n) is 4.36. The van der Waals surface area contributed by atoms with Crippen molar-refractivity contribution >= 4 is 0 Å². The average molecular weight is 309 g/mol. The van der Waals surface area contributed by atoms with Gasteiger partial charge in [0.1, 0.15) is 5.75 Å². The smallest absolute Gasteiger partial charge is 0.124 e. The molecule has 0 saturated carbocycles. The molecule has 22 heavy (non-hydrogen) atoms. The van der Waals surface area contributed by atoms with Gasteiger partial charge in [0.05, 0.1) is 25.9 Å². The Hall–Kier alpha value is -1.14. The second-order valence-electron chi connectivity index (χ2n) is 6.09. The summed E-state index contributed by atoms with van der Waals surface area (Å²) in [7, 11) is 3.34. The van der Waals surface area contributed by atoms with Crippen LogP contribution in [0.1, 0.15) is 30.4 Å². The molecule has 0 aliphatic carbocycles. The van der Waals surface area contributed by atoms with Crippen LogP contribution >= 0.6 is 0 Å². The van der Waals surface area contributed by atoms with Crippen LogP contribution < -0.4 is 4.74 Å². The summed E-state index contributed by atoms with van der Waals surface area (Å²) in [6, 6.07) is 6.16. The lowest BCUT2D eigenvalue weighted by Gasteiger charge is -2.24. The summed E-state index contributed by atoms with van der Waals surface area (Å²) in [6.07, 6.45) is 2.18. The molecule has 1 fully saturated rings. The summed E-state index contributed by atoms with van der Waals surface area (Å²) < 4.78 is 10.6. The zero-order valence-corrected chi connectivity index (χ0v) is 13.5. The van der Waals surface area contributed by atoms with Crippen LogP contribution in [0.15, 0.2) is 18.2 Å². The van der Waals surface area contributed by atoms with Crippen molar-refractivity contribution in [2.24, 2.45) is 0 Å². The number of aliphatic hydroxyl groups excluding tert-OH is 1. The SMILES string of the molecule is COCc1cc(CN2CCC[C@@](O)(CO)CC2)ccc1OC. The van der Waals surface area contributed by atoms with Crippen molar-refractivity contribution in [2.75, 3.05) is 33.9 Å². The fraction of sp³-hybridized carbons (Fsp3) is 0.647. The van der Waals surface area contributed by atoms with Crippen molar-refractivity contribution < 1.29 is 19.7 Å². The van der Waals surface area contributed by atoms with Gasteiger partial charge in [0.15, 0.2) is 0 Å². The van der Waals surface area contributed by atoms with Crippen molar-refractivity contribution in [1.82, 2.24) is 4.90 Å². The van der Waals surface area contributed by atoms with E-state index in [1.807, 2.05) is 6.07 Å². The van der Waals surface area contributed by atoms with Crippen LogP contribution in [-0.2, 0) is 17.9 Å². The summed E-state index contributed by atoms with van der Waals surface area (Å²) in [5, 5.41) is 19.5. The lowest BCUT2D eigenvalue weighted by atomic mass is 9.96. The van der Waals surface area contributed by atoms with Crippen molar-refractivity contribution in [2.45, 2.75) is 38.0 Å². The lowest BCUT2D eigenvalue weighted by molar-refractivity contribution is -0.0255. The highest BCUT2D eigenvalue weighted by molar-refractivity contribution is 5.36. The monoisotopic (exact) mass is 309 g/mol. The molecule has 0 spiro atoms. The molecule has 2 N–H and O–H groups in total. The maximum Gasteiger partial charge on any atom is 0.124 e. The van der Waals surface area contributed by atoms with Crippen molar-refractivity contribution in [3.05, 3.63) is 29.3 Å². The van der Waals surface area contributed by atoms with Crippen molar-refractivity contribution in [3.63, 3.8) is 0 Å². The first kappa shape index (κ1) is 17.2. The minimum absolute atomic E-state index is 0.151. The lowest BCUT2D eigenvalue weighted by Crippen LogP contribution is -2.34. The van der Waals surface area contributed by atoms with Crippen LogP contribution in [0.2, 0.25) is 0 Å². The highest BCUT2D eigenvalue weighted by Crippen LogP contribution is 2.25. The van der Waals surface area contributed by atoms with Crippen molar-refractivity contribution in [1.29, 1.82) is 0 Å². The molecule has 0 amide bonds. The molecule has 1 aromatic rings. The molecule has 0 unspecified atom stereocenters. The van der Waals surface area contributed by atoms with Crippen LogP contribution in [0.25, 0.3) is 0 Å². The molecular weight excluding hydrogens is 282 g/mol. The highest BCUT2D eigenvalue weighted by atomic mass is 16.5. The fourth-order valence-electron chi connectivity index (χ4n) is 3.01. The number of hydrogen-bond acceptors (Lipinski definition) is 5. The maximum atomic E-state index is 10.2. The minimum atomic E-state index is -0.907. The number of aliphatic hydroxyl groups is 2. The molecule has 0 aromatic heterocycles. The molecule has 1 atom stereocenters. The molecule has 0 bridgehead atoms. The van der Waals surface area contributed by atoms with E-state index >= 15 is 0 Å². The van der Waals surface area contributed by atoms with Gasteiger partial charge in [0.2, 0.25) is 0 Å². The first-order valence-electron chi connectivity index (χ1n) is 7.80. The second kappa shape index (κ2) is 7.92. The average Bonchev–Trinajstić information content (AvgIpc) is 2.71. The first-order valence-corrected chi connectivity index (χ1v) is 7.80. The van der Waals surface area contributed by atoms with Crippen LogP contribution in [0.4, 0.5) is 0 Å². The molecular formula is C17H27NO4. The Morgan fingerprint density at radius 3 is 2.73 bits per heavy atom. The topological polar surface area (TPSA) is 62.2 Å². The fourth-order valence-corrected chi connectivity index (χ4v) is 3.01. The van der Waals surface area contributed by atoms with Crippen LogP contribution in [0, 0.1) is 0 Å².